The maximum atomic E-state index is 12.6. The van der Waals surface area contributed by atoms with Crippen LogP contribution in [0, 0.1) is 18.3 Å². The number of nitrogens with one attached hydrogen (secondary N) is 1. The molecule has 0 saturated heterocycles. The second-order valence-electron chi connectivity index (χ2n) is 5.41. The molecule has 25 heavy (non-hydrogen) atoms. The molecule has 1 aromatic heterocycles. The molecule has 0 aliphatic heterocycles. The maximum Gasteiger partial charge on any atom is 0.218 e. The van der Waals surface area contributed by atoms with E-state index in [0.29, 0.717) is 5.69 Å². The molecule has 124 valence electrons. The molecule has 3 aromatic rings. The van der Waals surface area contributed by atoms with E-state index in [-0.39, 0.29) is 9.80 Å². The smallest absolute Gasteiger partial charge is 0.218 e. The Kier molecular flexibility index (Phi) is 4.50. The summed E-state index contributed by atoms with van der Waals surface area (Å²) in [6.07, 6.45) is 1.23. The Hall–Kier alpha value is -3.17. The molecule has 3 rings (SSSR count). The molecule has 0 aliphatic rings. The number of aromatic nitrogens is 1. The summed E-state index contributed by atoms with van der Waals surface area (Å²) in [6.45, 7) is 1.85. The van der Waals surface area contributed by atoms with Crippen molar-refractivity contribution < 1.29 is 8.42 Å². The number of allylic oxidation sites excluding steroid dienone is 1. The molecule has 0 aliphatic carbocycles. The zero-order valence-corrected chi connectivity index (χ0v) is 14.3. The van der Waals surface area contributed by atoms with E-state index in [0.717, 1.165) is 16.6 Å². The van der Waals surface area contributed by atoms with Gasteiger partial charge in [-0.3, -0.25) is 4.98 Å². The van der Waals surface area contributed by atoms with E-state index in [1.165, 1.54) is 18.3 Å². The number of hydrogen-bond acceptors (Lipinski definition) is 5. The monoisotopic (exact) mass is 349 g/mol. The van der Waals surface area contributed by atoms with Gasteiger partial charge in [0.15, 0.2) is 4.91 Å². The largest absolute Gasteiger partial charge is 0.359 e. The SMILES string of the molecule is Cc1cc(NC=C(C#N)S(=O)(=O)c2ccccc2)c2ccccc2n1. The molecule has 5 nitrogen and oxygen atoms in total. The van der Waals surface area contributed by atoms with Crippen LogP contribution in [0.1, 0.15) is 5.69 Å². The summed E-state index contributed by atoms with van der Waals surface area (Å²) >= 11 is 0. The van der Waals surface area contributed by atoms with Crippen molar-refractivity contribution in [1.29, 1.82) is 5.26 Å². The highest BCUT2D eigenvalue weighted by molar-refractivity contribution is 7.95. The number of fused-ring (bicyclic) bond motifs is 1. The Morgan fingerprint density at radius 2 is 1.80 bits per heavy atom. The number of anilines is 1. The fourth-order valence-corrected chi connectivity index (χ4v) is 3.57. The van der Waals surface area contributed by atoms with Crippen molar-refractivity contribution >= 4 is 26.4 Å². The molecule has 0 saturated carbocycles. The van der Waals surface area contributed by atoms with Gasteiger partial charge in [0.05, 0.1) is 10.4 Å². The summed E-state index contributed by atoms with van der Waals surface area (Å²) in [5, 5.41) is 13.1. The quantitative estimate of drug-likeness (QED) is 0.725. The van der Waals surface area contributed by atoms with Crippen molar-refractivity contribution in [2.75, 3.05) is 5.32 Å². The Balaban J connectivity index is 2.02. The summed E-state index contributed by atoms with van der Waals surface area (Å²) in [5.74, 6) is 0. The number of aryl methyl sites for hydroxylation is 1. The van der Waals surface area contributed by atoms with Crippen LogP contribution in [-0.2, 0) is 9.84 Å². The first-order valence-corrected chi connectivity index (χ1v) is 9.04. The first kappa shape index (κ1) is 16.7. The number of pyridine rings is 1. The van der Waals surface area contributed by atoms with Crippen molar-refractivity contribution in [2.24, 2.45) is 0 Å². The van der Waals surface area contributed by atoms with Gasteiger partial charge in [0.2, 0.25) is 9.84 Å². The normalized spacial score (nSPS) is 11.9. The minimum absolute atomic E-state index is 0.0837. The average Bonchev–Trinajstić information content (AvgIpc) is 2.62. The summed E-state index contributed by atoms with van der Waals surface area (Å²) in [4.78, 5) is 4.17. The molecule has 0 amide bonds. The van der Waals surface area contributed by atoms with E-state index in [2.05, 4.69) is 10.3 Å². The maximum absolute atomic E-state index is 12.6. The fraction of sp³-hybridized carbons (Fsp3) is 0.0526. The number of sulfone groups is 1. The standard InChI is InChI=1S/C19H15N3O2S/c1-14-11-19(17-9-5-6-10-18(17)22-14)21-13-16(12-20)25(23,24)15-7-3-2-4-8-15/h2-11,13H,1H3,(H,21,22). The van der Waals surface area contributed by atoms with Crippen LogP contribution in [-0.4, -0.2) is 13.4 Å². The lowest BCUT2D eigenvalue weighted by molar-refractivity contribution is 0.603. The number of para-hydroxylation sites is 1. The number of nitriles is 1. The first-order valence-electron chi connectivity index (χ1n) is 7.56. The van der Waals surface area contributed by atoms with Crippen molar-refractivity contribution in [3.8, 4) is 6.07 Å². The average molecular weight is 349 g/mol. The van der Waals surface area contributed by atoms with Gasteiger partial charge in [-0.15, -0.1) is 0 Å². The van der Waals surface area contributed by atoms with Gasteiger partial charge in [0.25, 0.3) is 0 Å². The van der Waals surface area contributed by atoms with E-state index in [4.69, 9.17) is 0 Å². The highest BCUT2D eigenvalue weighted by Gasteiger charge is 2.20. The molecular weight excluding hydrogens is 334 g/mol. The Labute approximate surface area is 146 Å². The summed E-state index contributed by atoms with van der Waals surface area (Å²) < 4.78 is 25.1. The van der Waals surface area contributed by atoms with Gasteiger partial charge in [-0.05, 0) is 31.2 Å². The second-order valence-corrected chi connectivity index (χ2v) is 7.33. The van der Waals surface area contributed by atoms with Crippen LogP contribution < -0.4 is 5.32 Å². The number of hydrogen-bond donors (Lipinski definition) is 1. The summed E-state index contributed by atoms with van der Waals surface area (Å²) in [7, 11) is -3.86. The van der Waals surface area contributed by atoms with Gasteiger partial charge in [-0.2, -0.15) is 5.26 Å². The van der Waals surface area contributed by atoms with E-state index in [1.807, 2.05) is 37.3 Å². The third-order valence-corrected chi connectivity index (χ3v) is 5.34. The predicted octanol–water partition coefficient (Wildman–Crippen LogP) is 3.79. The van der Waals surface area contributed by atoms with E-state index >= 15 is 0 Å². The molecule has 0 bridgehead atoms. The Morgan fingerprint density at radius 3 is 2.52 bits per heavy atom. The molecule has 1 heterocycles. The van der Waals surface area contributed by atoms with Crippen LogP contribution >= 0.6 is 0 Å². The Bertz CT molecular complexity index is 1100. The minimum atomic E-state index is -3.86. The van der Waals surface area contributed by atoms with Crippen LogP contribution in [0.4, 0.5) is 5.69 Å². The molecule has 0 fully saturated rings. The third-order valence-electron chi connectivity index (χ3n) is 3.66. The van der Waals surface area contributed by atoms with E-state index in [9.17, 15) is 13.7 Å². The van der Waals surface area contributed by atoms with Crippen molar-refractivity contribution in [3.05, 3.63) is 77.5 Å². The summed E-state index contributed by atoms with van der Waals surface area (Å²) in [6, 6.07) is 19.0. The molecule has 6 heteroatoms. The van der Waals surface area contributed by atoms with Gasteiger partial charge in [0, 0.05) is 23.0 Å². The van der Waals surface area contributed by atoms with Gasteiger partial charge < -0.3 is 5.32 Å². The van der Waals surface area contributed by atoms with Gasteiger partial charge >= 0.3 is 0 Å². The highest BCUT2D eigenvalue weighted by Crippen LogP contribution is 2.24. The van der Waals surface area contributed by atoms with E-state index in [1.54, 1.807) is 24.3 Å². The van der Waals surface area contributed by atoms with Crippen LogP contribution in [0.2, 0.25) is 0 Å². The zero-order chi connectivity index (χ0) is 17.9. The van der Waals surface area contributed by atoms with Crippen LogP contribution in [0.25, 0.3) is 10.9 Å². The lowest BCUT2D eigenvalue weighted by Gasteiger charge is -2.08. The molecular formula is C19H15N3O2S. The minimum Gasteiger partial charge on any atom is -0.359 e. The Morgan fingerprint density at radius 1 is 1.12 bits per heavy atom. The molecule has 0 unspecified atom stereocenters. The van der Waals surface area contributed by atoms with Crippen LogP contribution in [0.15, 0.2) is 76.7 Å². The van der Waals surface area contributed by atoms with Gasteiger partial charge in [0.1, 0.15) is 6.07 Å². The van der Waals surface area contributed by atoms with Crippen LogP contribution in [0.5, 0.6) is 0 Å². The number of benzene rings is 2. The third kappa shape index (κ3) is 3.37. The second kappa shape index (κ2) is 6.75. The fourth-order valence-electron chi connectivity index (χ4n) is 2.47. The molecule has 0 atom stereocenters. The lowest BCUT2D eigenvalue weighted by Crippen LogP contribution is -2.05. The van der Waals surface area contributed by atoms with Gasteiger partial charge in [-0.1, -0.05) is 36.4 Å². The first-order chi connectivity index (χ1) is 12.0. The van der Waals surface area contributed by atoms with Crippen molar-refractivity contribution in [1.82, 2.24) is 4.98 Å². The zero-order valence-electron chi connectivity index (χ0n) is 13.5. The van der Waals surface area contributed by atoms with Crippen molar-refractivity contribution in [2.45, 2.75) is 11.8 Å². The predicted molar refractivity (Wildman–Crippen MR) is 97.4 cm³/mol. The summed E-state index contributed by atoms with van der Waals surface area (Å²) in [5.41, 5.74) is 2.28. The molecule has 0 spiro atoms. The van der Waals surface area contributed by atoms with Gasteiger partial charge in [-0.25, -0.2) is 8.42 Å². The molecule has 1 N–H and O–H groups in total. The number of nitrogens with zero attached hydrogens (tertiary/aromatic N) is 2. The highest BCUT2D eigenvalue weighted by atomic mass is 32.2. The van der Waals surface area contributed by atoms with Crippen LogP contribution in [0.3, 0.4) is 0 Å². The lowest BCUT2D eigenvalue weighted by atomic mass is 10.1. The van der Waals surface area contributed by atoms with Crippen molar-refractivity contribution in [3.63, 3.8) is 0 Å². The molecule has 2 aromatic carbocycles. The molecule has 0 radical (unpaired) electrons. The van der Waals surface area contributed by atoms with E-state index < -0.39 is 9.84 Å². The topological polar surface area (TPSA) is 82.9 Å². The number of rotatable bonds is 4.